The Balaban J connectivity index is 1.17. The van der Waals surface area contributed by atoms with Crippen LogP contribution in [0.15, 0.2) is 194 Å². The molecule has 0 amide bonds. The number of fused-ring (bicyclic) bond motifs is 3. The molecule has 0 saturated heterocycles. The molecule has 10 rings (SSSR count). The highest BCUT2D eigenvalue weighted by atomic mass is 15.2. The third-order valence-electron chi connectivity index (χ3n) is 10.9. The first-order valence-electron chi connectivity index (χ1n) is 19.1. The Morgan fingerprint density at radius 3 is 1.82 bits per heavy atom. The van der Waals surface area contributed by atoms with Crippen molar-refractivity contribution in [2.75, 3.05) is 4.90 Å². The Kier molecular flexibility index (Phi) is 8.42. The van der Waals surface area contributed by atoms with Gasteiger partial charge in [-0.15, -0.1) is 0 Å². The van der Waals surface area contributed by atoms with Gasteiger partial charge in [-0.3, -0.25) is 0 Å². The van der Waals surface area contributed by atoms with Gasteiger partial charge in [-0.1, -0.05) is 170 Å². The van der Waals surface area contributed by atoms with E-state index in [2.05, 4.69) is 181 Å². The van der Waals surface area contributed by atoms with Crippen molar-refractivity contribution in [3.05, 3.63) is 206 Å². The summed E-state index contributed by atoms with van der Waals surface area (Å²) in [4.78, 5) is 17.7. The molecular weight excluding hydrogens is 669 g/mol. The molecule has 4 heteroatoms. The van der Waals surface area contributed by atoms with Crippen molar-refractivity contribution in [3.63, 3.8) is 0 Å². The molecule has 1 aliphatic heterocycles. The number of hydrogen-bond donors (Lipinski definition) is 0. The van der Waals surface area contributed by atoms with Crippen molar-refractivity contribution in [2.45, 2.75) is 24.8 Å². The van der Waals surface area contributed by atoms with Crippen LogP contribution in [0.3, 0.4) is 0 Å². The molecule has 1 aromatic heterocycles. The molecule has 0 radical (unpaired) electrons. The second-order valence-corrected chi connectivity index (χ2v) is 14.3. The maximum absolute atomic E-state index is 5.12. The van der Waals surface area contributed by atoms with Crippen LogP contribution in [0.25, 0.3) is 61.7 Å². The van der Waals surface area contributed by atoms with Crippen LogP contribution in [-0.4, -0.2) is 21.0 Å². The third-order valence-corrected chi connectivity index (χ3v) is 10.9. The van der Waals surface area contributed by atoms with Crippen LogP contribution in [0.4, 0.5) is 11.4 Å². The quantitative estimate of drug-likeness (QED) is 0.165. The van der Waals surface area contributed by atoms with Gasteiger partial charge in [-0.05, 0) is 70.5 Å². The zero-order valence-corrected chi connectivity index (χ0v) is 30.3. The fourth-order valence-electron chi connectivity index (χ4n) is 8.25. The standard InChI is InChI=1S/C51H38N4/c1-5-17-35(18-6-1)41-31-29-40(51-53-49(37-21-9-3-10-22-37)52-50(54-51)38-23-11-4-12-24-38)34-44(41)39-30-32-48(45(33-39)36-19-7-2-8-20-36)55-46-27-15-13-25-42(46)43-26-14-16-28-47(43)55/h1-3,5-11,13-34,42,46H,4,12H2. The van der Waals surface area contributed by atoms with Crippen molar-refractivity contribution in [1.82, 2.24) is 15.0 Å². The molecule has 0 saturated carbocycles. The van der Waals surface area contributed by atoms with E-state index in [1.807, 2.05) is 18.2 Å². The Labute approximate surface area is 322 Å². The smallest absolute Gasteiger partial charge is 0.164 e. The summed E-state index contributed by atoms with van der Waals surface area (Å²) in [5.74, 6) is 2.32. The highest BCUT2D eigenvalue weighted by Crippen LogP contribution is 2.50. The average Bonchev–Trinajstić information content (AvgIpc) is 3.61. The van der Waals surface area contributed by atoms with Crippen LogP contribution in [-0.2, 0) is 0 Å². The lowest BCUT2D eigenvalue weighted by Crippen LogP contribution is -2.28. The van der Waals surface area contributed by atoms with Crippen LogP contribution in [0.2, 0.25) is 0 Å². The fourth-order valence-corrected chi connectivity index (χ4v) is 8.25. The van der Waals surface area contributed by atoms with Crippen molar-refractivity contribution < 1.29 is 0 Å². The fraction of sp³-hybridized carbons (Fsp3) is 0.0784. The second-order valence-electron chi connectivity index (χ2n) is 14.3. The predicted octanol–water partition coefficient (Wildman–Crippen LogP) is 12.7. The topological polar surface area (TPSA) is 41.9 Å². The van der Waals surface area contributed by atoms with E-state index >= 15 is 0 Å². The zero-order valence-electron chi connectivity index (χ0n) is 30.3. The van der Waals surface area contributed by atoms with Crippen molar-refractivity contribution in [2.24, 2.45) is 0 Å². The van der Waals surface area contributed by atoms with E-state index in [1.54, 1.807) is 0 Å². The number of rotatable bonds is 7. The Morgan fingerprint density at radius 1 is 0.455 bits per heavy atom. The number of benzene rings is 6. The van der Waals surface area contributed by atoms with E-state index in [0.29, 0.717) is 23.4 Å². The van der Waals surface area contributed by atoms with Crippen molar-refractivity contribution in [1.29, 1.82) is 0 Å². The molecule has 0 fully saturated rings. The molecule has 4 nitrogen and oxygen atoms in total. The van der Waals surface area contributed by atoms with E-state index in [-0.39, 0.29) is 6.04 Å². The summed E-state index contributed by atoms with van der Waals surface area (Å²) in [5, 5.41) is 0. The normalized spacial score (nSPS) is 16.8. The first-order chi connectivity index (χ1) is 27.3. The molecule has 7 aromatic rings. The van der Waals surface area contributed by atoms with Crippen LogP contribution in [0.5, 0.6) is 0 Å². The van der Waals surface area contributed by atoms with Crippen molar-refractivity contribution in [3.8, 4) is 56.2 Å². The minimum Gasteiger partial charge on any atom is -0.333 e. The van der Waals surface area contributed by atoms with E-state index in [1.165, 1.54) is 28.1 Å². The summed E-state index contributed by atoms with van der Waals surface area (Å²) in [6, 6.07) is 54.3. The molecule has 2 aliphatic carbocycles. The maximum atomic E-state index is 5.12. The van der Waals surface area contributed by atoms with E-state index < -0.39 is 0 Å². The Bertz CT molecular complexity index is 2660. The largest absolute Gasteiger partial charge is 0.333 e. The van der Waals surface area contributed by atoms with Gasteiger partial charge in [0.25, 0.3) is 0 Å². The number of hydrogen-bond acceptors (Lipinski definition) is 4. The molecule has 0 bridgehead atoms. The highest BCUT2D eigenvalue weighted by molar-refractivity contribution is 5.93. The minimum atomic E-state index is 0.199. The monoisotopic (exact) mass is 706 g/mol. The molecule has 2 unspecified atom stereocenters. The Morgan fingerprint density at radius 2 is 1.07 bits per heavy atom. The Hall–Kier alpha value is -6.91. The van der Waals surface area contributed by atoms with Crippen LogP contribution in [0.1, 0.15) is 30.1 Å². The van der Waals surface area contributed by atoms with Gasteiger partial charge in [0.2, 0.25) is 0 Å². The van der Waals surface area contributed by atoms with Gasteiger partial charge < -0.3 is 4.90 Å². The van der Waals surface area contributed by atoms with Crippen LogP contribution < -0.4 is 4.90 Å². The summed E-state index contributed by atoms with van der Waals surface area (Å²) >= 11 is 0. The average molecular weight is 707 g/mol. The van der Waals surface area contributed by atoms with E-state index in [9.17, 15) is 0 Å². The van der Waals surface area contributed by atoms with Crippen LogP contribution in [0, 0.1) is 0 Å². The lowest BCUT2D eigenvalue weighted by molar-refractivity contribution is 0.745. The number of aromatic nitrogens is 3. The molecular formula is C51H38N4. The summed E-state index contributed by atoms with van der Waals surface area (Å²) in [7, 11) is 0. The minimum absolute atomic E-state index is 0.199. The number of para-hydroxylation sites is 1. The molecule has 2 atom stereocenters. The SMILES string of the molecule is C1=CC2c3ccccc3N(c3ccc(-c4cc(-c5nc(C6=CCCC=C6)nc(-c6ccccc6)n5)ccc4-c4ccccc4)cc3-c3ccccc3)C2C=C1. The lowest BCUT2D eigenvalue weighted by Gasteiger charge is -2.31. The van der Waals surface area contributed by atoms with Gasteiger partial charge in [0, 0.05) is 39.6 Å². The molecule has 0 N–H and O–H groups in total. The zero-order chi connectivity index (χ0) is 36.6. The van der Waals surface area contributed by atoms with Gasteiger partial charge in [0.05, 0.1) is 6.04 Å². The maximum Gasteiger partial charge on any atom is 0.164 e. The summed E-state index contributed by atoms with van der Waals surface area (Å²) in [5.41, 5.74) is 13.7. The summed E-state index contributed by atoms with van der Waals surface area (Å²) < 4.78 is 0. The molecule has 2 heterocycles. The molecule has 0 spiro atoms. The first kappa shape index (κ1) is 32.7. The van der Waals surface area contributed by atoms with Crippen molar-refractivity contribution >= 4 is 16.9 Å². The summed E-state index contributed by atoms with van der Waals surface area (Å²) in [6.45, 7) is 0. The summed E-state index contributed by atoms with van der Waals surface area (Å²) in [6.07, 6.45) is 17.6. The van der Waals surface area contributed by atoms with E-state index in [0.717, 1.165) is 51.8 Å². The number of anilines is 2. The first-order valence-corrected chi connectivity index (χ1v) is 19.1. The van der Waals surface area contributed by atoms with Gasteiger partial charge in [0.15, 0.2) is 17.5 Å². The van der Waals surface area contributed by atoms with Gasteiger partial charge >= 0.3 is 0 Å². The predicted molar refractivity (Wildman–Crippen MR) is 227 cm³/mol. The number of nitrogens with zero attached hydrogens (tertiary/aromatic N) is 4. The van der Waals surface area contributed by atoms with Gasteiger partial charge in [-0.25, -0.2) is 15.0 Å². The van der Waals surface area contributed by atoms with Gasteiger partial charge in [-0.2, -0.15) is 0 Å². The van der Waals surface area contributed by atoms with E-state index in [4.69, 9.17) is 15.0 Å². The highest BCUT2D eigenvalue weighted by Gasteiger charge is 2.38. The lowest BCUT2D eigenvalue weighted by atomic mass is 9.89. The third kappa shape index (κ3) is 6.12. The molecule has 55 heavy (non-hydrogen) atoms. The second kappa shape index (κ2) is 14.1. The molecule has 262 valence electrons. The molecule has 6 aromatic carbocycles. The number of allylic oxidation sites excluding steroid dienone is 6. The van der Waals surface area contributed by atoms with Crippen LogP contribution >= 0.6 is 0 Å². The van der Waals surface area contributed by atoms with Gasteiger partial charge in [0.1, 0.15) is 0 Å². The molecule has 3 aliphatic rings.